The van der Waals surface area contributed by atoms with Crippen molar-refractivity contribution in [3.8, 4) is 0 Å². The van der Waals surface area contributed by atoms with Crippen molar-refractivity contribution in [2.24, 2.45) is 0 Å². The summed E-state index contributed by atoms with van der Waals surface area (Å²) in [5.41, 5.74) is 0.535. The molecule has 0 bridgehead atoms. The Morgan fingerprint density at radius 2 is 1.78 bits per heavy atom. The Balaban J connectivity index is 1.39. The highest BCUT2D eigenvalue weighted by atomic mass is 32.1. The Morgan fingerprint density at radius 1 is 1.03 bits per heavy atom. The fourth-order valence-electron chi connectivity index (χ4n) is 4.18. The standard InChI is InChI=1S/C22H35N3O6S/c1-28-10-11-30-12-13-31-15-20(26)24-8-5-17(6-9-24)21-23-19(16-32-21)22(27)25-7-3-4-18(25)14-29-2/h16-18H,3-15H2,1-2H3. The summed E-state index contributed by atoms with van der Waals surface area (Å²) in [6, 6.07) is 0.144. The molecule has 1 unspecified atom stereocenters. The van der Waals surface area contributed by atoms with E-state index in [1.807, 2.05) is 15.2 Å². The van der Waals surface area contributed by atoms with Crippen LogP contribution in [0.3, 0.4) is 0 Å². The fraction of sp³-hybridized carbons (Fsp3) is 0.773. The molecule has 32 heavy (non-hydrogen) atoms. The lowest BCUT2D eigenvalue weighted by Crippen LogP contribution is -2.40. The van der Waals surface area contributed by atoms with Crippen LogP contribution in [0.4, 0.5) is 0 Å². The lowest BCUT2D eigenvalue weighted by atomic mass is 9.97. The average molecular weight is 470 g/mol. The first-order valence-electron chi connectivity index (χ1n) is 11.3. The minimum Gasteiger partial charge on any atom is -0.383 e. The van der Waals surface area contributed by atoms with Gasteiger partial charge in [-0.15, -0.1) is 11.3 Å². The van der Waals surface area contributed by atoms with E-state index in [1.54, 1.807) is 25.6 Å². The summed E-state index contributed by atoms with van der Waals surface area (Å²) in [7, 11) is 3.30. The van der Waals surface area contributed by atoms with Crippen LogP contribution in [0, 0.1) is 0 Å². The molecule has 3 rings (SSSR count). The molecular formula is C22H35N3O6S. The second-order valence-corrected chi connectivity index (χ2v) is 9.02. The van der Waals surface area contributed by atoms with Gasteiger partial charge in [-0.05, 0) is 25.7 Å². The third-order valence-corrected chi connectivity index (χ3v) is 6.97. The van der Waals surface area contributed by atoms with Gasteiger partial charge in [0.15, 0.2) is 0 Å². The summed E-state index contributed by atoms with van der Waals surface area (Å²) >= 11 is 1.55. The van der Waals surface area contributed by atoms with Crippen molar-refractivity contribution in [1.82, 2.24) is 14.8 Å². The first kappa shape index (κ1) is 25.0. The van der Waals surface area contributed by atoms with Crippen molar-refractivity contribution in [3.05, 3.63) is 16.1 Å². The van der Waals surface area contributed by atoms with Crippen LogP contribution in [-0.2, 0) is 23.7 Å². The molecule has 0 saturated carbocycles. The maximum absolute atomic E-state index is 12.9. The van der Waals surface area contributed by atoms with E-state index in [0.29, 0.717) is 51.8 Å². The van der Waals surface area contributed by atoms with E-state index in [-0.39, 0.29) is 30.4 Å². The predicted molar refractivity (Wildman–Crippen MR) is 120 cm³/mol. The number of amides is 2. The minimum atomic E-state index is 0.00279. The largest absolute Gasteiger partial charge is 0.383 e. The molecule has 2 aliphatic rings. The molecule has 0 aliphatic carbocycles. The smallest absolute Gasteiger partial charge is 0.273 e. The number of piperidine rings is 1. The lowest BCUT2D eigenvalue weighted by Gasteiger charge is -2.31. The molecule has 2 aliphatic heterocycles. The molecule has 9 nitrogen and oxygen atoms in total. The minimum absolute atomic E-state index is 0.00279. The quantitative estimate of drug-likeness (QED) is 0.431. The number of hydrogen-bond acceptors (Lipinski definition) is 8. The van der Waals surface area contributed by atoms with Gasteiger partial charge in [-0.3, -0.25) is 9.59 Å². The molecule has 3 heterocycles. The van der Waals surface area contributed by atoms with Crippen molar-refractivity contribution in [3.63, 3.8) is 0 Å². The van der Waals surface area contributed by atoms with Gasteiger partial charge in [-0.25, -0.2) is 4.98 Å². The van der Waals surface area contributed by atoms with Crippen molar-refractivity contribution >= 4 is 23.2 Å². The number of nitrogens with zero attached hydrogens (tertiary/aromatic N) is 3. The third-order valence-electron chi connectivity index (χ3n) is 5.96. The van der Waals surface area contributed by atoms with Gasteiger partial charge in [0.25, 0.3) is 5.91 Å². The van der Waals surface area contributed by atoms with Gasteiger partial charge in [-0.1, -0.05) is 0 Å². The average Bonchev–Trinajstić information content (AvgIpc) is 3.48. The normalized spacial score (nSPS) is 19.6. The highest BCUT2D eigenvalue weighted by molar-refractivity contribution is 7.09. The maximum atomic E-state index is 12.9. The van der Waals surface area contributed by atoms with Gasteiger partial charge < -0.3 is 28.7 Å². The summed E-state index contributed by atoms with van der Waals surface area (Å²) < 4.78 is 20.9. The fourth-order valence-corrected chi connectivity index (χ4v) is 5.14. The number of thiazole rings is 1. The predicted octanol–water partition coefficient (Wildman–Crippen LogP) is 1.78. The summed E-state index contributed by atoms with van der Waals surface area (Å²) in [6.45, 7) is 4.70. The third kappa shape index (κ3) is 6.95. The summed E-state index contributed by atoms with van der Waals surface area (Å²) in [6.07, 6.45) is 3.69. The SMILES string of the molecule is COCCOCCOCC(=O)N1CCC(c2nc(C(=O)N3CCCC3COC)cs2)CC1. The summed E-state index contributed by atoms with van der Waals surface area (Å²) in [5, 5.41) is 2.87. The number of carbonyl (C=O) groups excluding carboxylic acids is 2. The van der Waals surface area contributed by atoms with Gasteiger partial charge >= 0.3 is 0 Å². The van der Waals surface area contributed by atoms with Gasteiger partial charge in [0.1, 0.15) is 12.3 Å². The topological polar surface area (TPSA) is 90.4 Å². The van der Waals surface area contributed by atoms with Crippen molar-refractivity contribution < 1.29 is 28.5 Å². The Kier molecular flexibility index (Phi) is 10.3. The first-order chi connectivity index (χ1) is 15.6. The van der Waals surface area contributed by atoms with Gasteiger partial charge in [-0.2, -0.15) is 0 Å². The Bertz CT molecular complexity index is 722. The zero-order valence-corrected chi connectivity index (χ0v) is 19.9. The number of ether oxygens (including phenoxy) is 4. The molecule has 180 valence electrons. The molecule has 1 atom stereocenters. The number of hydrogen-bond donors (Lipinski definition) is 0. The second-order valence-electron chi connectivity index (χ2n) is 8.13. The van der Waals surface area contributed by atoms with E-state index in [4.69, 9.17) is 18.9 Å². The second kappa shape index (κ2) is 13.2. The van der Waals surface area contributed by atoms with Crippen molar-refractivity contribution in [1.29, 1.82) is 0 Å². The molecule has 1 aromatic heterocycles. The molecule has 2 saturated heterocycles. The molecule has 0 spiro atoms. The molecule has 0 aromatic carbocycles. The molecule has 0 radical (unpaired) electrons. The maximum Gasteiger partial charge on any atom is 0.273 e. The van der Waals surface area contributed by atoms with Crippen molar-refractivity contribution in [2.75, 3.05) is 73.5 Å². The van der Waals surface area contributed by atoms with Crippen LogP contribution in [0.2, 0.25) is 0 Å². The number of methoxy groups -OCH3 is 2. The highest BCUT2D eigenvalue weighted by Crippen LogP contribution is 2.31. The first-order valence-corrected chi connectivity index (χ1v) is 12.2. The molecule has 0 N–H and O–H groups in total. The van der Waals surface area contributed by atoms with Crippen LogP contribution in [0.15, 0.2) is 5.38 Å². The summed E-state index contributed by atoms with van der Waals surface area (Å²) in [4.78, 5) is 33.7. The monoisotopic (exact) mass is 469 g/mol. The summed E-state index contributed by atoms with van der Waals surface area (Å²) in [5.74, 6) is 0.297. The van der Waals surface area contributed by atoms with Crippen LogP contribution < -0.4 is 0 Å². The molecule has 2 fully saturated rings. The molecular weight excluding hydrogens is 434 g/mol. The van der Waals surface area contributed by atoms with Crippen LogP contribution >= 0.6 is 11.3 Å². The van der Waals surface area contributed by atoms with E-state index in [1.165, 1.54) is 0 Å². The molecule has 1 aromatic rings. The van der Waals surface area contributed by atoms with E-state index in [2.05, 4.69) is 4.98 Å². The highest BCUT2D eigenvalue weighted by Gasteiger charge is 2.32. The van der Waals surface area contributed by atoms with E-state index in [0.717, 1.165) is 37.2 Å². The van der Waals surface area contributed by atoms with Crippen molar-refractivity contribution in [2.45, 2.75) is 37.6 Å². The zero-order chi connectivity index (χ0) is 22.8. The van der Waals surface area contributed by atoms with E-state index < -0.39 is 0 Å². The Morgan fingerprint density at radius 3 is 2.53 bits per heavy atom. The number of aromatic nitrogens is 1. The van der Waals surface area contributed by atoms with Crippen LogP contribution in [0.25, 0.3) is 0 Å². The number of rotatable bonds is 12. The Hall–Kier alpha value is -1.59. The lowest BCUT2D eigenvalue weighted by molar-refractivity contribution is -0.137. The Labute approximate surface area is 194 Å². The van der Waals surface area contributed by atoms with Gasteiger partial charge in [0, 0.05) is 45.2 Å². The van der Waals surface area contributed by atoms with Crippen LogP contribution in [0.5, 0.6) is 0 Å². The van der Waals surface area contributed by atoms with E-state index in [9.17, 15) is 9.59 Å². The van der Waals surface area contributed by atoms with E-state index >= 15 is 0 Å². The number of carbonyl (C=O) groups is 2. The van der Waals surface area contributed by atoms with Crippen LogP contribution in [0.1, 0.15) is 47.1 Å². The molecule has 2 amide bonds. The van der Waals surface area contributed by atoms with Gasteiger partial charge in [0.2, 0.25) is 5.91 Å². The molecule has 10 heteroatoms. The van der Waals surface area contributed by atoms with Crippen LogP contribution in [-0.4, -0.2) is 106 Å². The number of likely N-dealkylation sites (tertiary alicyclic amines) is 2. The van der Waals surface area contributed by atoms with Gasteiger partial charge in [0.05, 0.1) is 44.1 Å². The zero-order valence-electron chi connectivity index (χ0n) is 19.1.